The van der Waals surface area contributed by atoms with Gasteiger partial charge in [-0.3, -0.25) is 0 Å². The van der Waals surface area contributed by atoms with Gasteiger partial charge < -0.3 is 10.8 Å². The van der Waals surface area contributed by atoms with Gasteiger partial charge in [0.05, 0.1) is 10.6 Å². The maximum Gasteiger partial charge on any atom is 0.243 e. The zero-order valence-corrected chi connectivity index (χ0v) is 13.4. The third-order valence-electron chi connectivity index (χ3n) is 4.31. The molecule has 1 unspecified atom stereocenters. The average molecular weight is 312 g/mol. The second-order valence-electron chi connectivity index (χ2n) is 6.06. The second-order valence-corrected chi connectivity index (χ2v) is 8.00. The molecular formula is C15H24N2O3S. The van der Waals surface area contributed by atoms with Gasteiger partial charge in [-0.2, -0.15) is 4.31 Å². The molecule has 6 heteroatoms. The van der Waals surface area contributed by atoms with E-state index in [0.29, 0.717) is 24.9 Å². The summed E-state index contributed by atoms with van der Waals surface area (Å²) in [5, 5.41) is 9.43. The van der Waals surface area contributed by atoms with Gasteiger partial charge in [0, 0.05) is 13.1 Å². The zero-order chi connectivity index (χ0) is 15.6. The molecule has 1 aliphatic heterocycles. The van der Waals surface area contributed by atoms with E-state index in [1.54, 1.807) is 4.31 Å². The third kappa shape index (κ3) is 3.49. The lowest BCUT2D eigenvalue weighted by atomic mass is 9.89. The number of nitrogens with two attached hydrogens (primary N) is 1. The van der Waals surface area contributed by atoms with E-state index in [2.05, 4.69) is 13.8 Å². The summed E-state index contributed by atoms with van der Waals surface area (Å²) in [6.07, 6.45) is 2.85. The molecule has 5 nitrogen and oxygen atoms in total. The molecule has 1 heterocycles. The first-order valence-corrected chi connectivity index (χ1v) is 8.85. The zero-order valence-electron chi connectivity index (χ0n) is 12.6. The Bertz CT molecular complexity index is 599. The molecule has 21 heavy (non-hydrogen) atoms. The van der Waals surface area contributed by atoms with Gasteiger partial charge >= 0.3 is 0 Å². The number of hydrogen-bond donors (Lipinski definition) is 2. The van der Waals surface area contributed by atoms with E-state index in [1.807, 2.05) is 0 Å². The normalized spacial score (nSPS) is 21.4. The van der Waals surface area contributed by atoms with E-state index in [0.717, 1.165) is 19.3 Å². The molecule has 1 aliphatic rings. The van der Waals surface area contributed by atoms with Crippen molar-refractivity contribution in [3.05, 3.63) is 18.2 Å². The summed E-state index contributed by atoms with van der Waals surface area (Å²) in [6.45, 7) is 5.48. The lowest BCUT2D eigenvalue weighted by Gasteiger charge is -2.21. The highest BCUT2D eigenvalue weighted by Gasteiger charge is 2.28. The van der Waals surface area contributed by atoms with Crippen LogP contribution in [0.3, 0.4) is 0 Å². The fourth-order valence-corrected chi connectivity index (χ4v) is 4.37. The van der Waals surface area contributed by atoms with Crippen LogP contribution in [0.15, 0.2) is 23.1 Å². The highest BCUT2D eigenvalue weighted by Crippen LogP contribution is 2.29. The standard InChI is InChI=1S/C15H24N2O3S/c1-11(2)12-4-3-8-17(9-7-12)21(19,20)13-5-6-15(18)14(16)10-13/h5-6,10-12,18H,3-4,7-9,16H2,1-2H3. The molecule has 2 rings (SSSR count). The number of phenolic OH excluding ortho intramolecular Hbond substituents is 1. The van der Waals surface area contributed by atoms with Crippen LogP contribution in [0.1, 0.15) is 33.1 Å². The monoisotopic (exact) mass is 312 g/mol. The van der Waals surface area contributed by atoms with Crippen molar-refractivity contribution in [2.75, 3.05) is 18.8 Å². The maximum absolute atomic E-state index is 12.7. The minimum absolute atomic E-state index is 0.0888. The first-order chi connectivity index (χ1) is 9.82. The van der Waals surface area contributed by atoms with Crippen LogP contribution in [-0.4, -0.2) is 30.9 Å². The lowest BCUT2D eigenvalue weighted by molar-refractivity contribution is 0.341. The Kier molecular flexibility index (Phi) is 4.78. The topological polar surface area (TPSA) is 83.6 Å². The number of aromatic hydroxyl groups is 1. The number of benzene rings is 1. The molecule has 3 N–H and O–H groups in total. The maximum atomic E-state index is 12.7. The van der Waals surface area contributed by atoms with Crippen molar-refractivity contribution >= 4 is 15.7 Å². The minimum Gasteiger partial charge on any atom is -0.506 e. The Morgan fingerprint density at radius 2 is 2.00 bits per heavy atom. The molecule has 0 aliphatic carbocycles. The van der Waals surface area contributed by atoms with E-state index in [-0.39, 0.29) is 16.3 Å². The summed E-state index contributed by atoms with van der Waals surface area (Å²) in [5.74, 6) is 1.07. The lowest BCUT2D eigenvalue weighted by Crippen LogP contribution is -2.32. The Balaban J connectivity index is 2.21. The molecule has 118 valence electrons. The molecule has 1 aromatic rings. The van der Waals surface area contributed by atoms with E-state index >= 15 is 0 Å². The van der Waals surface area contributed by atoms with Crippen LogP contribution in [0, 0.1) is 11.8 Å². The smallest absolute Gasteiger partial charge is 0.243 e. The molecule has 0 amide bonds. The highest BCUT2D eigenvalue weighted by molar-refractivity contribution is 7.89. The molecule has 0 saturated carbocycles. The van der Waals surface area contributed by atoms with E-state index in [9.17, 15) is 13.5 Å². The van der Waals surface area contributed by atoms with Crippen molar-refractivity contribution in [3.8, 4) is 5.75 Å². The third-order valence-corrected chi connectivity index (χ3v) is 6.21. The van der Waals surface area contributed by atoms with Crippen LogP contribution >= 0.6 is 0 Å². The Hall–Kier alpha value is -1.27. The van der Waals surface area contributed by atoms with Gasteiger partial charge in [0.15, 0.2) is 0 Å². The van der Waals surface area contributed by atoms with Crippen molar-refractivity contribution < 1.29 is 13.5 Å². The van der Waals surface area contributed by atoms with Gasteiger partial charge in [-0.1, -0.05) is 13.8 Å². The fourth-order valence-electron chi connectivity index (χ4n) is 2.84. The van der Waals surface area contributed by atoms with E-state index < -0.39 is 10.0 Å². The number of nitrogens with zero attached hydrogens (tertiary/aromatic N) is 1. The molecule has 1 aromatic carbocycles. The molecule has 1 fully saturated rings. The highest BCUT2D eigenvalue weighted by atomic mass is 32.2. The number of hydrogen-bond acceptors (Lipinski definition) is 4. The van der Waals surface area contributed by atoms with Gasteiger partial charge in [0.2, 0.25) is 10.0 Å². The molecule has 1 saturated heterocycles. The number of anilines is 1. The van der Waals surface area contributed by atoms with E-state index in [1.165, 1.54) is 18.2 Å². The summed E-state index contributed by atoms with van der Waals surface area (Å²) in [7, 11) is -3.53. The summed E-state index contributed by atoms with van der Waals surface area (Å²) in [6, 6.07) is 4.07. The molecule has 0 radical (unpaired) electrons. The van der Waals surface area contributed by atoms with Crippen molar-refractivity contribution in [3.63, 3.8) is 0 Å². The first-order valence-electron chi connectivity index (χ1n) is 7.41. The quantitative estimate of drug-likeness (QED) is 0.663. The number of nitrogen functional groups attached to an aromatic ring is 1. The average Bonchev–Trinajstić information content (AvgIpc) is 2.68. The van der Waals surface area contributed by atoms with Crippen LogP contribution in [0.25, 0.3) is 0 Å². The molecule has 0 aromatic heterocycles. The van der Waals surface area contributed by atoms with Crippen LogP contribution in [0.5, 0.6) is 5.75 Å². The Labute approximate surface area is 126 Å². The fraction of sp³-hybridized carbons (Fsp3) is 0.600. The van der Waals surface area contributed by atoms with Gasteiger partial charge in [0.25, 0.3) is 0 Å². The summed E-state index contributed by atoms with van der Waals surface area (Å²) in [5.41, 5.74) is 5.70. The van der Waals surface area contributed by atoms with Crippen LogP contribution in [0.4, 0.5) is 5.69 Å². The van der Waals surface area contributed by atoms with Gasteiger partial charge in [-0.25, -0.2) is 8.42 Å². The van der Waals surface area contributed by atoms with Crippen LogP contribution in [0.2, 0.25) is 0 Å². The predicted molar refractivity (Wildman–Crippen MR) is 83.5 cm³/mol. The predicted octanol–water partition coefficient (Wildman–Crippen LogP) is 2.42. The molecule has 1 atom stereocenters. The minimum atomic E-state index is -3.53. The Morgan fingerprint density at radius 3 is 2.62 bits per heavy atom. The van der Waals surface area contributed by atoms with Crippen molar-refractivity contribution in [1.29, 1.82) is 0 Å². The summed E-state index contributed by atoms with van der Waals surface area (Å²) < 4.78 is 26.9. The molecular weight excluding hydrogens is 288 g/mol. The first kappa shape index (κ1) is 16.1. The summed E-state index contributed by atoms with van der Waals surface area (Å²) in [4.78, 5) is 0.154. The van der Waals surface area contributed by atoms with Crippen LogP contribution in [-0.2, 0) is 10.0 Å². The Morgan fingerprint density at radius 1 is 1.29 bits per heavy atom. The van der Waals surface area contributed by atoms with Crippen molar-refractivity contribution in [2.45, 2.75) is 38.0 Å². The van der Waals surface area contributed by atoms with Crippen molar-refractivity contribution in [1.82, 2.24) is 4.31 Å². The molecule has 0 bridgehead atoms. The summed E-state index contributed by atoms with van der Waals surface area (Å²) >= 11 is 0. The molecule has 0 spiro atoms. The number of phenols is 1. The number of sulfonamides is 1. The van der Waals surface area contributed by atoms with Gasteiger partial charge in [-0.15, -0.1) is 0 Å². The van der Waals surface area contributed by atoms with E-state index in [4.69, 9.17) is 5.73 Å². The van der Waals surface area contributed by atoms with Gasteiger partial charge in [-0.05, 0) is 49.3 Å². The van der Waals surface area contributed by atoms with Gasteiger partial charge in [0.1, 0.15) is 5.75 Å². The number of rotatable bonds is 3. The largest absolute Gasteiger partial charge is 0.506 e. The van der Waals surface area contributed by atoms with Crippen LogP contribution < -0.4 is 5.73 Å². The van der Waals surface area contributed by atoms with Crippen molar-refractivity contribution in [2.24, 2.45) is 11.8 Å². The SMILES string of the molecule is CC(C)C1CCCN(S(=O)(=O)c2ccc(O)c(N)c2)CC1. The second kappa shape index (κ2) is 6.23.